The Morgan fingerprint density at radius 2 is 2.07 bits per heavy atom. The number of halogens is 2. The van der Waals surface area contributed by atoms with Crippen molar-refractivity contribution in [3.8, 4) is 6.07 Å². The molecule has 2 aromatic carbocycles. The summed E-state index contributed by atoms with van der Waals surface area (Å²) < 4.78 is 13.4. The number of nitrogens with zero attached hydrogens (tertiary/aromatic N) is 2. The van der Waals surface area contributed by atoms with Crippen molar-refractivity contribution in [1.29, 1.82) is 5.26 Å². The van der Waals surface area contributed by atoms with Crippen molar-refractivity contribution in [2.24, 2.45) is 0 Å². The van der Waals surface area contributed by atoms with Gasteiger partial charge in [0.1, 0.15) is 11.9 Å². The maximum Gasteiger partial charge on any atom is 0.277 e. The number of hydrogen-bond acceptors (Lipinski definition) is 5. The first kappa shape index (κ1) is 20.1. The quantitative estimate of drug-likeness (QED) is 0.345. The number of nitriles is 1. The van der Waals surface area contributed by atoms with E-state index in [0.717, 1.165) is 0 Å². The molecule has 3 rings (SSSR count). The molecule has 2 amide bonds. The SMILES string of the molecule is CC1(C)C(=O)N(c2ccc(C#N)c(Cl)c2)N[SH]1c1ccc(C(=O)NO)c(F)c1. The fourth-order valence-corrected chi connectivity index (χ4v) is 5.21. The van der Waals surface area contributed by atoms with Crippen molar-refractivity contribution in [1.82, 2.24) is 10.3 Å². The van der Waals surface area contributed by atoms with Crippen LogP contribution in [0, 0.1) is 17.1 Å². The smallest absolute Gasteiger partial charge is 0.277 e. The minimum absolute atomic E-state index is 0.217. The summed E-state index contributed by atoms with van der Waals surface area (Å²) in [6.07, 6.45) is 0. The highest BCUT2D eigenvalue weighted by Crippen LogP contribution is 2.51. The molecule has 1 aliphatic rings. The van der Waals surface area contributed by atoms with Crippen molar-refractivity contribution in [2.75, 3.05) is 5.01 Å². The zero-order valence-corrected chi connectivity index (χ0v) is 16.5. The zero-order chi connectivity index (χ0) is 20.6. The second-order valence-electron chi connectivity index (χ2n) is 6.52. The number of hydrogen-bond donors (Lipinski definition) is 4. The van der Waals surface area contributed by atoms with Gasteiger partial charge in [-0.05, 0) is 50.2 Å². The van der Waals surface area contributed by atoms with E-state index in [9.17, 15) is 14.0 Å². The second-order valence-corrected chi connectivity index (χ2v) is 9.43. The molecule has 1 heterocycles. The Morgan fingerprint density at radius 1 is 1.36 bits per heavy atom. The van der Waals surface area contributed by atoms with Crippen LogP contribution in [0.3, 0.4) is 0 Å². The minimum atomic E-state index is -1.37. The molecule has 3 N–H and O–H groups in total. The van der Waals surface area contributed by atoms with E-state index in [-0.39, 0.29) is 16.5 Å². The Labute approximate surface area is 168 Å². The van der Waals surface area contributed by atoms with Crippen molar-refractivity contribution >= 4 is 40.2 Å². The van der Waals surface area contributed by atoms with Crippen molar-refractivity contribution in [3.63, 3.8) is 0 Å². The van der Waals surface area contributed by atoms with E-state index in [1.807, 2.05) is 6.07 Å². The third-order valence-corrected chi connectivity index (χ3v) is 7.19. The number of amides is 2. The summed E-state index contributed by atoms with van der Waals surface area (Å²) in [4.78, 5) is 28.0. The van der Waals surface area contributed by atoms with Crippen LogP contribution < -0.4 is 15.3 Å². The summed E-state index contributed by atoms with van der Waals surface area (Å²) in [5.74, 6) is -2.01. The van der Waals surface area contributed by atoms with E-state index in [1.165, 1.54) is 40.8 Å². The van der Waals surface area contributed by atoms with Gasteiger partial charge in [-0.2, -0.15) is 10.1 Å². The lowest BCUT2D eigenvalue weighted by Gasteiger charge is -2.27. The monoisotopic (exact) mass is 422 g/mol. The van der Waals surface area contributed by atoms with Crippen LogP contribution in [0.1, 0.15) is 29.8 Å². The topological polar surface area (TPSA) is 105 Å². The molecule has 146 valence electrons. The molecular formula is C18H16ClFN4O3S. The van der Waals surface area contributed by atoms with Gasteiger partial charge >= 0.3 is 0 Å². The van der Waals surface area contributed by atoms with Crippen LogP contribution in [0.4, 0.5) is 10.1 Å². The summed E-state index contributed by atoms with van der Waals surface area (Å²) in [6.45, 7) is 3.48. The predicted molar refractivity (Wildman–Crippen MR) is 104 cm³/mol. The maximum absolute atomic E-state index is 14.3. The number of anilines is 1. The molecule has 0 aliphatic carbocycles. The van der Waals surface area contributed by atoms with Crippen LogP contribution in [0.25, 0.3) is 0 Å². The van der Waals surface area contributed by atoms with E-state index >= 15 is 0 Å². The van der Waals surface area contributed by atoms with Crippen LogP contribution in [0.5, 0.6) is 0 Å². The number of nitrogens with one attached hydrogen (secondary N) is 2. The van der Waals surface area contributed by atoms with Gasteiger partial charge in [0.25, 0.3) is 11.8 Å². The van der Waals surface area contributed by atoms with Crippen LogP contribution in [-0.2, 0) is 4.79 Å². The number of hydrazine groups is 1. The number of carbonyl (C=O) groups excluding carboxylic acids is 2. The van der Waals surface area contributed by atoms with Gasteiger partial charge in [0.15, 0.2) is 0 Å². The van der Waals surface area contributed by atoms with E-state index in [4.69, 9.17) is 22.1 Å². The van der Waals surface area contributed by atoms with Crippen LogP contribution in [-0.4, -0.2) is 21.8 Å². The maximum atomic E-state index is 14.3. The Bertz CT molecular complexity index is 1020. The highest BCUT2D eigenvalue weighted by molar-refractivity contribution is 8.17. The van der Waals surface area contributed by atoms with Gasteiger partial charge < -0.3 is 0 Å². The van der Waals surface area contributed by atoms with Gasteiger partial charge in [0.05, 0.1) is 26.6 Å². The van der Waals surface area contributed by atoms with Crippen LogP contribution in [0.15, 0.2) is 41.3 Å². The first-order valence-electron chi connectivity index (χ1n) is 8.05. The van der Waals surface area contributed by atoms with Crippen LogP contribution >= 0.6 is 22.7 Å². The summed E-state index contributed by atoms with van der Waals surface area (Å²) in [7, 11) is 0. The van der Waals surface area contributed by atoms with E-state index in [1.54, 1.807) is 19.9 Å². The lowest BCUT2D eigenvalue weighted by molar-refractivity contribution is -0.119. The molecule has 1 fully saturated rings. The molecule has 1 atom stereocenters. The molecule has 2 aromatic rings. The fourth-order valence-electron chi connectivity index (χ4n) is 2.82. The molecule has 28 heavy (non-hydrogen) atoms. The van der Waals surface area contributed by atoms with Gasteiger partial charge in [0, 0.05) is 4.90 Å². The Morgan fingerprint density at radius 3 is 2.64 bits per heavy atom. The van der Waals surface area contributed by atoms with E-state index in [0.29, 0.717) is 16.1 Å². The normalized spacial score (nSPS) is 19.4. The largest absolute Gasteiger partial charge is 0.288 e. The Hall–Kier alpha value is -2.64. The number of rotatable bonds is 3. The molecule has 1 saturated heterocycles. The summed E-state index contributed by atoms with van der Waals surface area (Å²) in [5, 5.41) is 19.2. The fraction of sp³-hybridized carbons (Fsp3) is 0.167. The highest BCUT2D eigenvalue weighted by atomic mass is 35.5. The highest BCUT2D eigenvalue weighted by Gasteiger charge is 2.46. The van der Waals surface area contributed by atoms with Crippen LogP contribution in [0.2, 0.25) is 5.02 Å². The number of carbonyl (C=O) groups is 2. The minimum Gasteiger partial charge on any atom is -0.288 e. The van der Waals surface area contributed by atoms with Gasteiger partial charge in [-0.1, -0.05) is 11.6 Å². The average Bonchev–Trinajstić information content (AvgIpc) is 2.90. The Balaban J connectivity index is 1.97. The summed E-state index contributed by atoms with van der Waals surface area (Å²) >= 11 is 4.70. The molecule has 0 spiro atoms. The van der Waals surface area contributed by atoms with E-state index in [2.05, 4.69) is 4.83 Å². The molecule has 0 saturated carbocycles. The first-order valence-corrected chi connectivity index (χ1v) is 9.77. The summed E-state index contributed by atoms with van der Waals surface area (Å²) in [6, 6.07) is 10.5. The van der Waals surface area contributed by atoms with Crippen molar-refractivity contribution in [2.45, 2.75) is 23.5 Å². The Kier molecular flexibility index (Phi) is 5.32. The van der Waals surface area contributed by atoms with Gasteiger partial charge in [0.2, 0.25) is 0 Å². The third-order valence-electron chi connectivity index (χ3n) is 4.37. The predicted octanol–water partition coefficient (Wildman–Crippen LogP) is 3.07. The molecule has 1 aliphatic heterocycles. The molecule has 0 aromatic heterocycles. The summed E-state index contributed by atoms with van der Waals surface area (Å²) in [5.41, 5.74) is 1.84. The number of hydroxylamine groups is 1. The van der Waals surface area contributed by atoms with E-state index < -0.39 is 27.6 Å². The molecule has 10 heteroatoms. The molecule has 7 nitrogen and oxygen atoms in total. The molecular weight excluding hydrogens is 407 g/mol. The standard InChI is InChI=1S/C18H16ClFN4O3S/c1-18(2)17(26)24(11-4-3-10(9-21)14(19)7-11)23-28(18)12-5-6-13(15(20)8-12)16(25)22-27/h3-8,23,27-28H,1-2H3,(H,22,25). The lowest BCUT2D eigenvalue weighted by Crippen LogP contribution is -2.37. The van der Waals surface area contributed by atoms with Gasteiger partial charge in [-0.3, -0.25) is 14.8 Å². The second kappa shape index (κ2) is 7.41. The first-order chi connectivity index (χ1) is 13.2. The number of thiol groups is 1. The van der Waals surface area contributed by atoms with Gasteiger partial charge in [-0.25, -0.2) is 14.9 Å². The lowest BCUT2D eigenvalue weighted by atomic mass is 10.1. The average molecular weight is 423 g/mol. The van der Waals surface area contributed by atoms with Crippen molar-refractivity contribution < 1.29 is 19.2 Å². The number of benzene rings is 2. The van der Waals surface area contributed by atoms with Gasteiger partial charge in [-0.15, -0.1) is 11.1 Å². The molecule has 1 unspecified atom stereocenters. The molecule has 0 bridgehead atoms. The zero-order valence-electron chi connectivity index (χ0n) is 14.8. The third kappa shape index (κ3) is 3.31. The molecule has 0 radical (unpaired) electrons. The van der Waals surface area contributed by atoms with Crippen molar-refractivity contribution in [3.05, 3.63) is 58.4 Å².